The number of phenols is 1. The van der Waals surface area contributed by atoms with Gasteiger partial charge in [0.15, 0.2) is 5.58 Å². The number of benzene rings is 3. The van der Waals surface area contributed by atoms with Crippen LogP contribution in [0.1, 0.15) is 5.56 Å². The lowest BCUT2D eigenvalue weighted by Gasteiger charge is -2.01. The van der Waals surface area contributed by atoms with Crippen LogP contribution in [0.5, 0.6) is 5.75 Å². The maximum Gasteiger partial charge on any atom is 0.284 e. The standard InChI is InChI=1S/C22H14BrN3O4/c23-17-9-7-14(12-19(17)26(28)29)4-3-11-24-15-8-10-20(27)16(13-15)22-25-18-5-1-2-6-21(18)30-22/h1-13,27H. The molecule has 1 aromatic heterocycles. The van der Waals surface area contributed by atoms with Gasteiger partial charge in [-0.3, -0.25) is 15.1 Å². The minimum absolute atomic E-state index is 0.00407. The number of para-hydroxylation sites is 2. The van der Waals surface area contributed by atoms with E-state index in [0.29, 0.717) is 38.3 Å². The van der Waals surface area contributed by atoms with Crippen LogP contribution < -0.4 is 0 Å². The Morgan fingerprint density at radius 2 is 1.97 bits per heavy atom. The van der Waals surface area contributed by atoms with E-state index in [-0.39, 0.29) is 11.4 Å². The predicted molar refractivity (Wildman–Crippen MR) is 119 cm³/mol. The van der Waals surface area contributed by atoms with Crippen LogP contribution in [-0.2, 0) is 0 Å². The van der Waals surface area contributed by atoms with E-state index < -0.39 is 4.92 Å². The Morgan fingerprint density at radius 1 is 1.13 bits per heavy atom. The van der Waals surface area contributed by atoms with Crippen LogP contribution in [0.4, 0.5) is 11.4 Å². The fourth-order valence-electron chi connectivity index (χ4n) is 2.82. The minimum Gasteiger partial charge on any atom is -0.507 e. The maximum atomic E-state index is 11.0. The Kier molecular flexibility index (Phi) is 5.40. The highest BCUT2D eigenvalue weighted by molar-refractivity contribution is 9.10. The molecule has 1 N–H and O–H groups in total. The maximum absolute atomic E-state index is 11.0. The number of phenolic OH excluding ortho intramolecular Hbond substituents is 1. The summed E-state index contributed by atoms with van der Waals surface area (Å²) < 4.78 is 6.14. The average molecular weight is 464 g/mol. The van der Waals surface area contributed by atoms with Gasteiger partial charge in [-0.2, -0.15) is 0 Å². The van der Waals surface area contributed by atoms with Gasteiger partial charge < -0.3 is 9.52 Å². The number of hydrogen-bond acceptors (Lipinski definition) is 6. The normalized spacial score (nSPS) is 11.6. The monoisotopic (exact) mass is 463 g/mol. The molecule has 148 valence electrons. The summed E-state index contributed by atoms with van der Waals surface area (Å²) in [5.74, 6) is 0.349. The highest BCUT2D eigenvalue weighted by atomic mass is 79.9. The lowest BCUT2D eigenvalue weighted by atomic mass is 10.1. The van der Waals surface area contributed by atoms with Gasteiger partial charge in [0.05, 0.1) is 20.6 Å². The van der Waals surface area contributed by atoms with Crippen molar-refractivity contribution >= 4 is 50.7 Å². The molecule has 0 aliphatic rings. The number of nitro benzene ring substituents is 1. The fourth-order valence-corrected chi connectivity index (χ4v) is 3.21. The van der Waals surface area contributed by atoms with Crippen molar-refractivity contribution in [2.75, 3.05) is 0 Å². The molecule has 30 heavy (non-hydrogen) atoms. The zero-order valence-electron chi connectivity index (χ0n) is 15.4. The van der Waals surface area contributed by atoms with Gasteiger partial charge in [-0.25, -0.2) is 4.98 Å². The molecule has 0 amide bonds. The number of allylic oxidation sites excluding steroid dienone is 1. The van der Waals surface area contributed by atoms with Crippen molar-refractivity contribution in [1.82, 2.24) is 4.98 Å². The first-order valence-corrected chi connectivity index (χ1v) is 9.64. The van der Waals surface area contributed by atoms with Crippen LogP contribution in [0.2, 0.25) is 0 Å². The van der Waals surface area contributed by atoms with Crippen LogP contribution in [0, 0.1) is 10.1 Å². The molecule has 0 fully saturated rings. The summed E-state index contributed by atoms with van der Waals surface area (Å²) in [5.41, 5.74) is 3.04. The molecule has 0 saturated heterocycles. The molecule has 0 saturated carbocycles. The third-order valence-electron chi connectivity index (χ3n) is 4.27. The number of rotatable bonds is 5. The van der Waals surface area contributed by atoms with Crippen LogP contribution in [-0.4, -0.2) is 21.2 Å². The number of aromatic hydroxyl groups is 1. The van der Waals surface area contributed by atoms with Gasteiger partial charge in [-0.1, -0.05) is 24.3 Å². The lowest BCUT2D eigenvalue weighted by molar-refractivity contribution is -0.385. The molecule has 0 bridgehead atoms. The SMILES string of the molecule is O=[N+]([O-])c1cc(C=CC=Nc2ccc(O)c(-c3nc4ccccc4o3)c2)ccc1Br. The zero-order chi connectivity index (χ0) is 21.1. The Morgan fingerprint density at radius 3 is 2.77 bits per heavy atom. The van der Waals surface area contributed by atoms with E-state index in [1.54, 1.807) is 42.6 Å². The first-order valence-electron chi connectivity index (χ1n) is 8.85. The number of aromatic nitrogens is 1. The second kappa shape index (κ2) is 8.30. The first kappa shape index (κ1) is 19.5. The van der Waals surface area contributed by atoms with Crippen molar-refractivity contribution < 1.29 is 14.4 Å². The smallest absolute Gasteiger partial charge is 0.284 e. The summed E-state index contributed by atoms with van der Waals surface area (Å²) in [6.45, 7) is 0. The second-order valence-corrected chi connectivity index (χ2v) is 7.15. The summed E-state index contributed by atoms with van der Waals surface area (Å²) in [5, 5.41) is 21.2. The molecule has 4 rings (SSSR count). The van der Waals surface area contributed by atoms with Gasteiger partial charge >= 0.3 is 0 Å². The number of nitro groups is 1. The number of oxazole rings is 1. The summed E-state index contributed by atoms with van der Waals surface area (Å²) in [6, 6.07) is 17.1. The molecular weight excluding hydrogens is 450 g/mol. The van der Waals surface area contributed by atoms with Gasteiger partial charge in [0, 0.05) is 12.3 Å². The number of aliphatic imine (C=N–C) groups is 1. The first-order chi connectivity index (χ1) is 14.5. The number of halogens is 1. The third kappa shape index (κ3) is 4.13. The van der Waals surface area contributed by atoms with Crippen LogP contribution in [0.25, 0.3) is 28.6 Å². The van der Waals surface area contributed by atoms with Crippen molar-refractivity contribution in [2.45, 2.75) is 0 Å². The fraction of sp³-hybridized carbons (Fsp3) is 0. The lowest BCUT2D eigenvalue weighted by Crippen LogP contribution is -1.89. The zero-order valence-corrected chi connectivity index (χ0v) is 17.0. The van der Waals surface area contributed by atoms with Crippen LogP contribution in [0.3, 0.4) is 0 Å². The highest BCUT2D eigenvalue weighted by Gasteiger charge is 2.13. The molecule has 0 aliphatic carbocycles. The number of fused-ring (bicyclic) bond motifs is 1. The van der Waals surface area contributed by atoms with Crippen molar-refractivity contribution in [2.24, 2.45) is 4.99 Å². The van der Waals surface area contributed by atoms with E-state index in [4.69, 9.17) is 4.42 Å². The van der Waals surface area contributed by atoms with Gasteiger partial charge in [0.25, 0.3) is 5.69 Å². The third-order valence-corrected chi connectivity index (χ3v) is 4.94. The van der Waals surface area contributed by atoms with Crippen molar-refractivity contribution in [3.8, 4) is 17.2 Å². The molecule has 0 atom stereocenters. The average Bonchev–Trinajstić information content (AvgIpc) is 3.17. The Balaban J connectivity index is 1.56. The van der Waals surface area contributed by atoms with E-state index in [2.05, 4.69) is 25.9 Å². The van der Waals surface area contributed by atoms with Gasteiger partial charge in [0.2, 0.25) is 5.89 Å². The number of hydrogen-bond donors (Lipinski definition) is 1. The van der Waals surface area contributed by atoms with E-state index in [1.165, 1.54) is 12.1 Å². The molecule has 1 heterocycles. The van der Waals surface area contributed by atoms with E-state index in [9.17, 15) is 15.2 Å². The van der Waals surface area contributed by atoms with Crippen molar-refractivity contribution in [1.29, 1.82) is 0 Å². The minimum atomic E-state index is -0.445. The largest absolute Gasteiger partial charge is 0.507 e. The second-order valence-electron chi connectivity index (χ2n) is 6.29. The molecule has 8 heteroatoms. The molecular formula is C22H14BrN3O4. The van der Waals surface area contributed by atoms with Crippen LogP contribution >= 0.6 is 15.9 Å². The van der Waals surface area contributed by atoms with Crippen LogP contribution in [0.15, 0.2) is 80.6 Å². The highest BCUT2D eigenvalue weighted by Crippen LogP contribution is 2.34. The van der Waals surface area contributed by atoms with Crippen molar-refractivity contribution in [3.63, 3.8) is 0 Å². The molecule has 3 aromatic carbocycles. The van der Waals surface area contributed by atoms with Gasteiger partial charge in [0.1, 0.15) is 11.3 Å². The molecule has 4 aromatic rings. The topological polar surface area (TPSA) is 102 Å². The molecule has 0 aliphatic heterocycles. The molecule has 0 radical (unpaired) electrons. The summed E-state index contributed by atoms with van der Waals surface area (Å²) in [7, 11) is 0. The predicted octanol–water partition coefficient (Wildman–Crippen LogP) is 6.29. The molecule has 7 nitrogen and oxygen atoms in total. The van der Waals surface area contributed by atoms with E-state index >= 15 is 0 Å². The molecule has 0 spiro atoms. The quantitative estimate of drug-likeness (QED) is 0.213. The Labute approximate surface area is 179 Å². The van der Waals surface area contributed by atoms with E-state index in [1.807, 2.05) is 24.3 Å². The summed E-state index contributed by atoms with van der Waals surface area (Å²) in [4.78, 5) is 19.3. The van der Waals surface area contributed by atoms with Crippen molar-refractivity contribution in [3.05, 3.63) is 86.9 Å². The molecule has 0 unspecified atom stereocenters. The Hall–Kier alpha value is -3.78. The number of nitrogens with zero attached hydrogens (tertiary/aromatic N) is 3. The van der Waals surface area contributed by atoms with Gasteiger partial charge in [-0.05, 0) is 64.0 Å². The van der Waals surface area contributed by atoms with Gasteiger partial charge in [-0.15, -0.1) is 0 Å². The van der Waals surface area contributed by atoms with E-state index in [0.717, 1.165) is 0 Å². The summed E-state index contributed by atoms with van der Waals surface area (Å²) in [6.07, 6.45) is 4.96. The Bertz CT molecular complexity index is 1280. The summed E-state index contributed by atoms with van der Waals surface area (Å²) >= 11 is 3.16.